The van der Waals surface area contributed by atoms with Gasteiger partial charge < -0.3 is 10.8 Å². The van der Waals surface area contributed by atoms with Gasteiger partial charge in [0, 0.05) is 11.5 Å². The molecule has 0 spiro atoms. The van der Waals surface area contributed by atoms with Crippen molar-refractivity contribution in [2.45, 2.75) is 24.5 Å². The van der Waals surface area contributed by atoms with Gasteiger partial charge in [-0.2, -0.15) is 0 Å². The van der Waals surface area contributed by atoms with E-state index in [4.69, 9.17) is 5.73 Å². The highest BCUT2D eigenvalue weighted by atomic mass is 19.1. The van der Waals surface area contributed by atoms with Crippen LogP contribution in [0.4, 0.5) is 13.2 Å². The van der Waals surface area contributed by atoms with E-state index in [2.05, 4.69) is 0 Å². The van der Waals surface area contributed by atoms with Crippen LogP contribution in [0.25, 0.3) is 0 Å². The zero-order valence-electron chi connectivity index (χ0n) is 9.38. The summed E-state index contributed by atoms with van der Waals surface area (Å²) >= 11 is 0. The summed E-state index contributed by atoms with van der Waals surface area (Å²) < 4.78 is 40.4. The summed E-state index contributed by atoms with van der Waals surface area (Å²) in [4.78, 5) is 0. The minimum absolute atomic E-state index is 0.237. The third kappa shape index (κ3) is 1.83. The number of halogens is 3. The Kier molecular flexibility index (Phi) is 2.71. The van der Waals surface area contributed by atoms with Gasteiger partial charge in [0.05, 0.1) is 11.1 Å². The fraction of sp³-hybridized carbons (Fsp3) is 0.500. The van der Waals surface area contributed by atoms with Gasteiger partial charge >= 0.3 is 0 Å². The molecule has 3 unspecified atom stereocenters. The Morgan fingerprint density at radius 1 is 1.47 bits per heavy atom. The molecule has 3 N–H and O–H groups in total. The molecule has 0 aliphatic heterocycles. The first kappa shape index (κ1) is 12.4. The number of benzene rings is 1. The summed E-state index contributed by atoms with van der Waals surface area (Å²) in [5, 5.41) is 9.71. The molecular weight excluding hydrogens is 231 g/mol. The lowest BCUT2D eigenvalue weighted by molar-refractivity contribution is 0.115. The van der Waals surface area contributed by atoms with E-state index in [-0.39, 0.29) is 6.42 Å². The van der Waals surface area contributed by atoms with Gasteiger partial charge in [-0.3, -0.25) is 0 Å². The minimum Gasteiger partial charge on any atom is -0.390 e. The van der Waals surface area contributed by atoms with E-state index in [0.717, 1.165) is 12.1 Å². The van der Waals surface area contributed by atoms with Crippen LogP contribution in [0.1, 0.15) is 18.9 Å². The highest BCUT2D eigenvalue weighted by Gasteiger charge is 2.60. The molecule has 2 nitrogen and oxygen atoms in total. The summed E-state index contributed by atoms with van der Waals surface area (Å²) in [5.41, 5.74) is 2.34. The lowest BCUT2D eigenvalue weighted by Gasteiger charge is -2.29. The number of nitrogens with two attached hydrogens (primary N) is 1. The maximum absolute atomic E-state index is 13.6. The Bertz CT molecular complexity index is 429. The Balaban J connectivity index is 2.49. The maximum atomic E-state index is 13.6. The first-order chi connectivity index (χ1) is 7.83. The van der Waals surface area contributed by atoms with Crippen molar-refractivity contribution in [3.05, 3.63) is 35.4 Å². The summed E-state index contributed by atoms with van der Waals surface area (Å²) in [5.74, 6) is -2.44. The second-order valence-corrected chi connectivity index (χ2v) is 4.88. The van der Waals surface area contributed by atoms with Crippen LogP contribution in [-0.2, 0) is 5.54 Å². The topological polar surface area (TPSA) is 46.2 Å². The van der Waals surface area contributed by atoms with Gasteiger partial charge in [-0.05, 0) is 25.5 Å². The molecule has 3 atom stereocenters. The molecule has 5 heteroatoms. The SMILES string of the molecule is CC1(O)CC1C(N)(CF)c1c(F)cccc1F. The van der Waals surface area contributed by atoms with Crippen molar-refractivity contribution in [2.75, 3.05) is 6.67 Å². The predicted molar refractivity (Wildman–Crippen MR) is 56.9 cm³/mol. The van der Waals surface area contributed by atoms with Gasteiger partial charge in [0.25, 0.3) is 0 Å². The molecule has 0 heterocycles. The second-order valence-electron chi connectivity index (χ2n) is 4.88. The van der Waals surface area contributed by atoms with Crippen LogP contribution >= 0.6 is 0 Å². The summed E-state index contributed by atoms with van der Waals surface area (Å²) in [6.07, 6.45) is 0.237. The van der Waals surface area contributed by atoms with Gasteiger partial charge in [0.1, 0.15) is 18.3 Å². The van der Waals surface area contributed by atoms with Crippen LogP contribution in [0.5, 0.6) is 0 Å². The van der Waals surface area contributed by atoms with Gasteiger partial charge in [-0.25, -0.2) is 13.2 Å². The van der Waals surface area contributed by atoms with Crippen molar-refractivity contribution in [3.8, 4) is 0 Å². The van der Waals surface area contributed by atoms with Crippen LogP contribution in [0.15, 0.2) is 18.2 Å². The average molecular weight is 245 g/mol. The van der Waals surface area contributed by atoms with Crippen LogP contribution in [-0.4, -0.2) is 17.4 Å². The fourth-order valence-electron chi connectivity index (χ4n) is 2.37. The Morgan fingerprint density at radius 2 is 1.94 bits per heavy atom. The van der Waals surface area contributed by atoms with Crippen molar-refractivity contribution in [1.82, 2.24) is 0 Å². The molecule has 0 radical (unpaired) electrons. The highest BCUT2D eigenvalue weighted by molar-refractivity contribution is 5.32. The van der Waals surface area contributed by atoms with Gasteiger partial charge in [0.15, 0.2) is 0 Å². The largest absolute Gasteiger partial charge is 0.390 e. The van der Waals surface area contributed by atoms with E-state index >= 15 is 0 Å². The molecule has 1 fully saturated rings. The quantitative estimate of drug-likeness (QED) is 0.853. The van der Waals surface area contributed by atoms with Crippen molar-refractivity contribution >= 4 is 0 Å². The molecule has 1 aliphatic carbocycles. The van der Waals surface area contributed by atoms with Crippen LogP contribution in [0.2, 0.25) is 0 Å². The Morgan fingerprint density at radius 3 is 2.29 bits per heavy atom. The zero-order valence-corrected chi connectivity index (χ0v) is 9.38. The molecule has 1 aliphatic rings. The Labute approximate surface area is 97.2 Å². The number of aliphatic hydroxyl groups is 1. The molecule has 17 heavy (non-hydrogen) atoms. The normalized spacial score (nSPS) is 31.1. The maximum Gasteiger partial charge on any atom is 0.131 e. The standard InChI is InChI=1S/C12H14F3NO/c1-11(17)5-9(11)12(16,6-13)10-7(14)3-2-4-8(10)15/h2-4,9,17H,5-6,16H2,1H3. The first-order valence-corrected chi connectivity index (χ1v) is 5.34. The highest BCUT2D eigenvalue weighted by Crippen LogP contribution is 2.53. The molecule has 0 amide bonds. The molecule has 1 saturated carbocycles. The van der Waals surface area contributed by atoms with E-state index in [1.54, 1.807) is 0 Å². The van der Waals surface area contributed by atoms with E-state index in [9.17, 15) is 18.3 Å². The van der Waals surface area contributed by atoms with Gasteiger partial charge in [-0.1, -0.05) is 6.07 Å². The second kappa shape index (κ2) is 3.71. The molecule has 94 valence electrons. The van der Waals surface area contributed by atoms with Gasteiger partial charge in [0.2, 0.25) is 0 Å². The van der Waals surface area contributed by atoms with Crippen molar-refractivity contribution in [2.24, 2.45) is 11.7 Å². The van der Waals surface area contributed by atoms with Crippen LogP contribution in [0.3, 0.4) is 0 Å². The van der Waals surface area contributed by atoms with E-state index in [1.165, 1.54) is 13.0 Å². The molecule has 0 bridgehead atoms. The lowest BCUT2D eigenvalue weighted by atomic mass is 9.85. The van der Waals surface area contributed by atoms with Crippen LogP contribution in [0, 0.1) is 17.6 Å². The minimum atomic E-state index is -1.81. The molecule has 1 aromatic carbocycles. The summed E-state index contributed by atoms with van der Waals surface area (Å²) in [7, 11) is 0. The smallest absolute Gasteiger partial charge is 0.131 e. The molecule has 0 saturated heterocycles. The summed E-state index contributed by atoms with van der Waals surface area (Å²) in [6.45, 7) is 0.360. The number of hydrogen-bond donors (Lipinski definition) is 2. The lowest BCUT2D eigenvalue weighted by Crippen LogP contribution is -2.45. The molecule has 0 aromatic heterocycles. The fourth-order valence-corrected chi connectivity index (χ4v) is 2.37. The van der Waals surface area contributed by atoms with E-state index in [0.29, 0.717) is 0 Å². The average Bonchev–Trinajstić information content (AvgIpc) is 2.88. The van der Waals surface area contributed by atoms with Crippen molar-refractivity contribution in [3.63, 3.8) is 0 Å². The molecule has 2 rings (SSSR count). The van der Waals surface area contributed by atoms with Crippen molar-refractivity contribution in [1.29, 1.82) is 0 Å². The number of alkyl halides is 1. The van der Waals surface area contributed by atoms with Crippen LogP contribution < -0.4 is 5.73 Å². The third-order valence-electron chi connectivity index (χ3n) is 3.48. The Hall–Kier alpha value is -1.07. The van der Waals surface area contributed by atoms with Gasteiger partial charge in [-0.15, -0.1) is 0 Å². The molecule has 1 aromatic rings. The monoisotopic (exact) mass is 245 g/mol. The first-order valence-electron chi connectivity index (χ1n) is 5.34. The van der Waals surface area contributed by atoms with E-state index < -0.39 is 40.9 Å². The zero-order chi connectivity index (χ0) is 12.8. The summed E-state index contributed by atoms with van der Waals surface area (Å²) in [6, 6.07) is 3.26. The van der Waals surface area contributed by atoms with E-state index in [1.807, 2.05) is 0 Å². The third-order valence-corrected chi connectivity index (χ3v) is 3.48. The molecular formula is C12H14F3NO. The number of rotatable bonds is 3. The van der Waals surface area contributed by atoms with Crippen molar-refractivity contribution < 1.29 is 18.3 Å². The number of hydrogen-bond acceptors (Lipinski definition) is 2. The predicted octanol–water partition coefficient (Wildman–Crippen LogP) is 1.86.